The molecule has 152 valence electrons. The smallest absolute Gasteiger partial charge is 0.225 e. The molecule has 1 aliphatic heterocycles. The van der Waals surface area contributed by atoms with Crippen molar-refractivity contribution < 1.29 is 9.59 Å². The maximum atomic E-state index is 12.7. The monoisotopic (exact) mass is 377 g/mol. The summed E-state index contributed by atoms with van der Waals surface area (Å²) in [5, 5.41) is 9.66. The molecule has 0 aromatic carbocycles. The number of nitrogens with zero attached hydrogens (tertiary/aromatic N) is 2. The number of hydrogen-bond donors (Lipinski definition) is 3. The summed E-state index contributed by atoms with van der Waals surface area (Å²) in [4.78, 5) is 31.0. The maximum absolute atomic E-state index is 12.7. The molecule has 7 heteroatoms. The van der Waals surface area contributed by atoms with Crippen molar-refractivity contribution in [1.82, 2.24) is 20.9 Å². The van der Waals surface area contributed by atoms with E-state index in [0.717, 1.165) is 57.7 Å². The van der Waals surface area contributed by atoms with Gasteiger partial charge in [0, 0.05) is 44.1 Å². The number of carbonyl (C=O) groups is 2. The van der Waals surface area contributed by atoms with Crippen LogP contribution in [0.2, 0.25) is 0 Å². The van der Waals surface area contributed by atoms with Gasteiger partial charge in [-0.25, -0.2) is 0 Å². The van der Waals surface area contributed by atoms with Gasteiger partial charge in [0.25, 0.3) is 0 Å². The molecule has 3 rings (SSSR count). The van der Waals surface area contributed by atoms with Crippen LogP contribution in [0.15, 0.2) is 4.99 Å². The second-order valence-electron chi connectivity index (χ2n) is 8.08. The lowest BCUT2D eigenvalue weighted by molar-refractivity contribution is -0.135. The topological polar surface area (TPSA) is 85.8 Å². The Kier molecular flexibility index (Phi) is 7.35. The number of guanidine groups is 1. The van der Waals surface area contributed by atoms with Crippen molar-refractivity contribution in [3.8, 4) is 0 Å². The van der Waals surface area contributed by atoms with Crippen molar-refractivity contribution in [1.29, 1.82) is 0 Å². The Morgan fingerprint density at radius 3 is 2.48 bits per heavy atom. The van der Waals surface area contributed by atoms with Gasteiger partial charge in [0.05, 0.1) is 6.54 Å². The first-order chi connectivity index (χ1) is 13.2. The molecule has 2 aliphatic carbocycles. The van der Waals surface area contributed by atoms with E-state index < -0.39 is 0 Å². The fraction of sp³-hybridized carbons (Fsp3) is 0.850. The first kappa shape index (κ1) is 20.0. The van der Waals surface area contributed by atoms with Crippen molar-refractivity contribution in [3.05, 3.63) is 0 Å². The zero-order chi connectivity index (χ0) is 19.1. The van der Waals surface area contributed by atoms with E-state index in [1.807, 2.05) is 11.8 Å². The van der Waals surface area contributed by atoms with Crippen LogP contribution in [0.1, 0.15) is 58.3 Å². The second kappa shape index (κ2) is 9.95. The van der Waals surface area contributed by atoms with E-state index in [-0.39, 0.29) is 23.8 Å². The highest BCUT2D eigenvalue weighted by molar-refractivity contribution is 5.82. The third-order valence-corrected chi connectivity index (χ3v) is 5.77. The summed E-state index contributed by atoms with van der Waals surface area (Å²) in [5.41, 5.74) is 0. The van der Waals surface area contributed by atoms with Gasteiger partial charge >= 0.3 is 0 Å². The van der Waals surface area contributed by atoms with Gasteiger partial charge in [-0.1, -0.05) is 19.3 Å². The van der Waals surface area contributed by atoms with Gasteiger partial charge < -0.3 is 20.9 Å². The van der Waals surface area contributed by atoms with Crippen LogP contribution >= 0.6 is 0 Å². The second-order valence-corrected chi connectivity index (χ2v) is 8.08. The summed E-state index contributed by atoms with van der Waals surface area (Å²) < 4.78 is 0. The van der Waals surface area contributed by atoms with E-state index in [1.54, 1.807) is 0 Å². The highest BCUT2D eigenvalue weighted by atomic mass is 16.2. The summed E-state index contributed by atoms with van der Waals surface area (Å²) >= 11 is 0. The van der Waals surface area contributed by atoms with Gasteiger partial charge in [0.1, 0.15) is 0 Å². The Balaban J connectivity index is 1.41. The maximum Gasteiger partial charge on any atom is 0.225 e. The molecule has 7 nitrogen and oxygen atoms in total. The molecule has 1 heterocycles. The van der Waals surface area contributed by atoms with Crippen molar-refractivity contribution >= 4 is 17.8 Å². The predicted octanol–water partition coefficient (Wildman–Crippen LogP) is 1.25. The average molecular weight is 378 g/mol. The standard InChI is InChI=1S/C20H35N5O2/c1-2-21-20(23-12-11-22-18(26)15-8-9-15)24-17-10-13-25(14-17)19(27)16-6-4-3-5-7-16/h15-17H,2-14H2,1H3,(H,22,26)(H2,21,23,24). The number of carbonyl (C=O) groups excluding carboxylic acids is 2. The summed E-state index contributed by atoms with van der Waals surface area (Å²) in [6, 6.07) is 0.247. The first-order valence-electron chi connectivity index (χ1n) is 10.8. The molecule has 27 heavy (non-hydrogen) atoms. The zero-order valence-corrected chi connectivity index (χ0v) is 16.6. The van der Waals surface area contributed by atoms with Gasteiger partial charge in [-0.3, -0.25) is 14.6 Å². The van der Waals surface area contributed by atoms with E-state index in [1.165, 1.54) is 19.3 Å². The van der Waals surface area contributed by atoms with E-state index in [9.17, 15) is 9.59 Å². The van der Waals surface area contributed by atoms with E-state index in [0.29, 0.717) is 19.0 Å². The predicted molar refractivity (Wildman–Crippen MR) is 106 cm³/mol. The molecular formula is C20H35N5O2. The first-order valence-corrected chi connectivity index (χ1v) is 10.8. The Bertz CT molecular complexity index is 540. The Morgan fingerprint density at radius 1 is 1.00 bits per heavy atom. The minimum Gasteiger partial charge on any atom is -0.357 e. The molecule has 3 fully saturated rings. The molecule has 2 saturated carbocycles. The molecule has 3 aliphatic rings. The van der Waals surface area contributed by atoms with Crippen LogP contribution in [0.5, 0.6) is 0 Å². The SMILES string of the molecule is CCNC(=NCCNC(=O)C1CC1)NC1CCN(C(=O)C2CCCCC2)C1. The Morgan fingerprint density at radius 2 is 1.78 bits per heavy atom. The number of nitrogens with one attached hydrogen (secondary N) is 3. The number of rotatable bonds is 7. The molecule has 0 spiro atoms. The molecule has 3 N–H and O–H groups in total. The van der Waals surface area contributed by atoms with E-state index in [4.69, 9.17) is 0 Å². The quantitative estimate of drug-likeness (QED) is 0.354. The van der Waals surface area contributed by atoms with Crippen LogP contribution in [0.3, 0.4) is 0 Å². The number of hydrogen-bond acceptors (Lipinski definition) is 3. The normalized spacial score (nSPS) is 24.0. The van der Waals surface area contributed by atoms with Crippen molar-refractivity contribution in [2.24, 2.45) is 16.8 Å². The molecule has 2 amide bonds. The summed E-state index contributed by atoms with van der Waals surface area (Å²) in [6.07, 6.45) is 8.79. The van der Waals surface area contributed by atoms with Gasteiger partial charge in [-0.2, -0.15) is 0 Å². The minimum atomic E-state index is 0.163. The highest BCUT2D eigenvalue weighted by Crippen LogP contribution is 2.28. The zero-order valence-electron chi connectivity index (χ0n) is 16.6. The lowest BCUT2D eigenvalue weighted by atomic mass is 9.88. The molecule has 1 saturated heterocycles. The number of aliphatic imine (C=N–C) groups is 1. The van der Waals surface area contributed by atoms with Crippen LogP contribution in [0.25, 0.3) is 0 Å². The highest BCUT2D eigenvalue weighted by Gasteiger charge is 2.32. The fourth-order valence-electron chi connectivity index (χ4n) is 4.04. The fourth-order valence-corrected chi connectivity index (χ4v) is 4.04. The Hall–Kier alpha value is -1.79. The van der Waals surface area contributed by atoms with Crippen LogP contribution in [-0.4, -0.2) is 61.4 Å². The van der Waals surface area contributed by atoms with Crippen LogP contribution in [0.4, 0.5) is 0 Å². The van der Waals surface area contributed by atoms with Crippen LogP contribution < -0.4 is 16.0 Å². The largest absolute Gasteiger partial charge is 0.357 e. The van der Waals surface area contributed by atoms with Gasteiger partial charge in [-0.05, 0) is 39.0 Å². The third kappa shape index (κ3) is 6.11. The number of amides is 2. The minimum absolute atomic E-state index is 0.163. The molecule has 1 atom stereocenters. The molecule has 0 radical (unpaired) electrons. The molecule has 0 aromatic heterocycles. The summed E-state index contributed by atoms with van der Waals surface area (Å²) in [5.74, 6) is 1.77. The average Bonchev–Trinajstić information content (AvgIpc) is 3.44. The van der Waals surface area contributed by atoms with E-state index >= 15 is 0 Å². The molecule has 0 bridgehead atoms. The summed E-state index contributed by atoms with van der Waals surface area (Å²) in [7, 11) is 0. The van der Waals surface area contributed by atoms with Crippen molar-refractivity contribution in [2.45, 2.75) is 64.3 Å². The van der Waals surface area contributed by atoms with Gasteiger partial charge in [0.2, 0.25) is 11.8 Å². The van der Waals surface area contributed by atoms with Crippen molar-refractivity contribution in [2.75, 3.05) is 32.7 Å². The molecule has 0 aromatic rings. The van der Waals surface area contributed by atoms with Crippen LogP contribution in [0, 0.1) is 11.8 Å². The molecular weight excluding hydrogens is 342 g/mol. The summed E-state index contributed by atoms with van der Waals surface area (Å²) in [6.45, 7) is 5.56. The van der Waals surface area contributed by atoms with Gasteiger partial charge in [-0.15, -0.1) is 0 Å². The van der Waals surface area contributed by atoms with Crippen molar-refractivity contribution in [3.63, 3.8) is 0 Å². The lowest BCUT2D eigenvalue weighted by Gasteiger charge is -2.26. The van der Waals surface area contributed by atoms with Crippen LogP contribution in [-0.2, 0) is 9.59 Å². The lowest BCUT2D eigenvalue weighted by Crippen LogP contribution is -2.46. The van der Waals surface area contributed by atoms with E-state index in [2.05, 4.69) is 20.9 Å². The number of likely N-dealkylation sites (tertiary alicyclic amines) is 1. The molecule has 1 unspecified atom stereocenters. The Labute approximate surface area is 162 Å². The third-order valence-electron chi connectivity index (χ3n) is 5.77. The van der Waals surface area contributed by atoms with Gasteiger partial charge in [0.15, 0.2) is 5.96 Å².